The quantitative estimate of drug-likeness (QED) is 0.876. The molecule has 1 aromatic rings. The monoisotopic (exact) mass is 330 g/mol. The fourth-order valence-electron chi connectivity index (χ4n) is 3.21. The molecule has 2 aliphatic heterocycles. The molecule has 0 aromatic heterocycles. The van der Waals surface area contributed by atoms with Gasteiger partial charge in [0.2, 0.25) is 0 Å². The predicted molar refractivity (Wildman–Crippen MR) is 89.3 cm³/mol. The lowest BCUT2D eigenvalue weighted by molar-refractivity contribution is -0.127. The van der Waals surface area contributed by atoms with Crippen molar-refractivity contribution in [2.24, 2.45) is 10.9 Å². The fraction of sp³-hybridized carbons (Fsp3) is 0.471. The summed E-state index contributed by atoms with van der Waals surface area (Å²) in [7, 11) is 0. The topological polar surface area (TPSA) is 97.0 Å². The number of hydrogen-bond acceptors (Lipinski definition) is 4. The number of nitrogens with one attached hydrogen (secondary N) is 1. The van der Waals surface area contributed by atoms with Crippen LogP contribution in [0.2, 0.25) is 0 Å². The van der Waals surface area contributed by atoms with Gasteiger partial charge < -0.3 is 20.8 Å². The second kappa shape index (κ2) is 7.33. The molecule has 128 valence electrons. The number of amides is 3. The molecule has 24 heavy (non-hydrogen) atoms. The number of primary amides is 1. The lowest BCUT2D eigenvalue weighted by atomic mass is 9.99. The standard InChI is InChI=1S/C17H22N4O3/c18-17(23)19-11-13-8-4-5-9-21(13)16(22)14-10-15(24-20-14)12-6-2-1-3-7-12/h1-3,6-7,13,15H,4-5,8-11H2,(H3,18,19,23). The van der Waals surface area contributed by atoms with E-state index in [2.05, 4.69) is 10.5 Å². The number of urea groups is 1. The Kier molecular flexibility index (Phi) is 4.98. The summed E-state index contributed by atoms with van der Waals surface area (Å²) in [4.78, 5) is 31.0. The first-order valence-electron chi connectivity index (χ1n) is 8.27. The summed E-state index contributed by atoms with van der Waals surface area (Å²) in [6, 6.07) is 9.14. The van der Waals surface area contributed by atoms with Gasteiger partial charge in [0.15, 0.2) is 6.10 Å². The Morgan fingerprint density at radius 2 is 2.08 bits per heavy atom. The zero-order valence-corrected chi connectivity index (χ0v) is 13.5. The van der Waals surface area contributed by atoms with Crippen molar-refractivity contribution in [3.63, 3.8) is 0 Å². The van der Waals surface area contributed by atoms with E-state index in [0.717, 1.165) is 24.8 Å². The zero-order chi connectivity index (χ0) is 16.9. The van der Waals surface area contributed by atoms with Gasteiger partial charge in [0, 0.05) is 25.6 Å². The smallest absolute Gasteiger partial charge is 0.312 e. The van der Waals surface area contributed by atoms with Crippen LogP contribution in [0.5, 0.6) is 0 Å². The molecule has 1 aromatic carbocycles. The average Bonchev–Trinajstić information content (AvgIpc) is 3.10. The van der Waals surface area contributed by atoms with E-state index in [0.29, 0.717) is 25.2 Å². The largest absolute Gasteiger partial charge is 0.387 e. The van der Waals surface area contributed by atoms with Crippen molar-refractivity contribution in [1.29, 1.82) is 0 Å². The molecular weight excluding hydrogens is 308 g/mol. The van der Waals surface area contributed by atoms with Gasteiger partial charge in [-0.25, -0.2) is 4.79 Å². The molecule has 7 heteroatoms. The number of nitrogens with two attached hydrogens (primary N) is 1. The SMILES string of the molecule is NC(=O)NCC1CCCCN1C(=O)C1=NOC(c2ccccc2)C1. The first-order chi connectivity index (χ1) is 11.6. The number of likely N-dealkylation sites (tertiary alicyclic amines) is 1. The summed E-state index contributed by atoms with van der Waals surface area (Å²) in [5, 5.41) is 6.61. The minimum atomic E-state index is -0.571. The van der Waals surface area contributed by atoms with Crippen molar-refractivity contribution >= 4 is 17.6 Å². The number of piperidine rings is 1. The third kappa shape index (κ3) is 3.67. The third-order valence-electron chi connectivity index (χ3n) is 4.49. The van der Waals surface area contributed by atoms with Gasteiger partial charge in [0.05, 0.1) is 0 Å². The summed E-state index contributed by atoms with van der Waals surface area (Å²) in [6.07, 6.45) is 3.09. The van der Waals surface area contributed by atoms with Crippen LogP contribution in [0.4, 0.5) is 4.79 Å². The lowest BCUT2D eigenvalue weighted by Crippen LogP contribution is -2.51. The van der Waals surface area contributed by atoms with E-state index in [-0.39, 0.29) is 18.1 Å². The Labute approximate surface area is 140 Å². The third-order valence-corrected chi connectivity index (χ3v) is 4.49. The van der Waals surface area contributed by atoms with E-state index in [1.54, 1.807) is 4.90 Å². The van der Waals surface area contributed by atoms with Crippen molar-refractivity contribution in [2.45, 2.75) is 37.8 Å². The summed E-state index contributed by atoms with van der Waals surface area (Å²) < 4.78 is 0. The van der Waals surface area contributed by atoms with Crippen LogP contribution >= 0.6 is 0 Å². The van der Waals surface area contributed by atoms with Crippen molar-refractivity contribution in [2.75, 3.05) is 13.1 Å². The average molecular weight is 330 g/mol. The van der Waals surface area contributed by atoms with Gasteiger partial charge in [0.1, 0.15) is 5.71 Å². The molecule has 3 amide bonds. The molecule has 3 rings (SSSR count). The lowest BCUT2D eigenvalue weighted by Gasteiger charge is -2.35. The van der Waals surface area contributed by atoms with E-state index in [9.17, 15) is 9.59 Å². The van der Waals surface area contributed by atoms with Gasteiger partial charge in [-0.15, -0.1) is 0 Å². The second-order valence-corrected chi connectivity index (χ2v) is 6.14. The highest BCUT2D eigenvalue weighted by atomic mass is 16.6. The van der Waals surface area contributed by atoms with E-state index < -0.39 is 6.03 Å². The minimum absolute atomic E-state index is 0.0442. The van der Waals surface area contributed by atoms with Crippen LogP contribution in [0.3, 0.4) is 0 Å². The number of carbonyl (C=O) groups excluding carboxylic acids is 2. The molecule has 7 nitrogen and oxygen atoms in total. The molecule has 2 atom stereocenters. The number of carbonyl (C=O) groups is 2. The van der Waals surface area contributed by atoms with Crippen LogP contribution < -0.4 is 11.1 Å². The molecule has 3 N–H and O–H groups in total. The first-order valence-corrected chi connectivity index (χ1v) is 8.27. The molecule has 2 aliphatic rings. The number of rotatable bonds is 4. The van der Waals surface area contributed by atoms with Crippen molar-refractivity contribution in [3.05, 3.63) is 35.9 Å². The predicted octanol–water partition coefficient (Wildman–Crippen LogP) is 1.55. The molecule has 0 radical (unpaired) electrons. The summed E-state index contributed by atoms with van der Waals surface area (Å²) in [5.74, 6) is -0.107. The molecule has 0 aliphatic carbocycles. The Hall–Kier alpha value is -2.57. The van der Waals surface area contributed by atoms with Crippen LogP contribution in [0.15, 0.2) is 35.5 Å². The van der Waals surface area contributed by atoms with Gasteiger partial charge in [-0.05, 0) is 24.8 Å². The van der Waals surface area contributed by atoms with Crippen LogP contribution in [0, 0.1) is 0 Å². The van der Waals surface area contributed by atoms with Gasteiger partial charge in [-0.1, -0.05) is 35.5 Å². The molecular formula is C17H22N4O3. The Morgan fingerprint density at radius 1 is 1.29 bits per heavy atom. The Bertz CT molecular complexity index is 632. The van der Waals surface area contributed by atoms with Gasteiger partial charge >= 0.3 is 6.03 Å². The Balaban J connectivity index is 1.63. The van der Waals surface area contributed by atoms with Gasteiger partial charge in [-0.2, -0.15) is 0 Å². The van der Waals surface area contributed by atoms with Crippen molar-refractivity contribution in [1.82, 2.24) is 10.2 Å². The highest BCUT2D eigenvalue weighted by Gasteiger charge is 2.34. The number of benzene rings is 1. The molecule has 0 spiro atoms. The van der Waals surface area contributed by atoms with Crippen molar-refractivity contribution in [3.8, 4) is 0 Å². The summed E-state index contributed by atoms with van der Waals surface area (Å²) in [5.41, 5.74) is 6.59. The van der Waals surface area contributed by atoms with Crippen LogP contribution in [0.25, 0.3) is 0 Å². The molecule has 0 saturated carbocycles. The number of hydrogen-bond donors (Lipinski definition) is 2. The molecule has 1 saturated heterocycles. The maximum atomic E-state index is 12.8. The molecule has 2 heterocycles. The first kappa shape index (κ1) is 16.3. The number of nitrogens with zero attached hydrogens (tertiary/aromatic N) is 2. The highest BCUT2D eigenvalue weighted by molar-refractivity contribution is 6.39. The molecule has 1 fully saturated rings. The Morgan fingerprint density at radius 3 is 2.83 bits per heavy atom. The van der Waals surface area contributed by atoms with Gasteiger partial charge in [-0.3, -0.25) is 4.79 Å². The summed E-state index contributed by atoms with van der Waals surface area (Å²) >= 11 is 0. The van der Waals surface area contributed by atoms with E-state index in [1.807, 2.05) is 30.3 Å². The minimum Gasteiger partial charge on any atom is -0.387 e. The fourth-order valence-corrected chi connectivity index (χ4v) is 3.21. The zero-order valence-electron chi connectivity index (χ0n) is 13.5. The molecule has 2 unspecified atom stereocenters. The maximum absolute atomic E-state index is 12.8. The number of oxime groups is 1. The van der Waals surface area contributed by atoms with E-state index in [4.69, 9.17) is 10.6 Å². The normalized spacial score (nSPS) is 23.3. The highest BCUT2D eigenvalue weighted by Crippen LogP contribution is 2.28. The van der Waals surface area contributed by atoms with Crippen LogP contribution in [-0.4, -0.2) is 41.7 Å². The van der Waals surface area contributed by atoms with Crippen molar-refractivity contribution < 1.29 is 14.4 Å². The second-order valence-electron chi connectivity index (χ2n) is 6.14. The summed E-state index contributed by atoms with van der Waals surface area (Å²) in [6.45, 7) is 1.04. The van der Waals surface area contributed by atoms with Crippen LogP contribution in [-0.2, 0) is 9.63 Å². The van der Waals surface area contributed by atoms with Gasteiger partial charge in [0.25, 0.3) is 5.91 Å². The molecule has 0 bridgehead atoms. The maximum Gasteiger partial charge on any atom is 0.312 e. The van der Waals surface area contributed by atoms with Crippen LogP contribution in [0.1, 0.15) is 37.4 Å². The van der Waals surface area contributed by atoms with E-state index >= 15 is 0 Å². The van der Waals surface area contributed by atoms with E-state index in [1.165, 1.54) is 0 Å².